The molecular formula is C13H23N5O. The van der Waals surface area contributed by atoms with Crippen molar-refractivity contribution in [2.75, 3.05) is 20.1 Å². The Morgan fingerprint density at radius 1 is 1.53 bits per heavy atom. The van der Waals surface area contributed by atoms with E-state index < -0.39 is 5.54 Å². The van der Waals surface area contributed by atoms with E-state index in [0.29, 0.717) is 0 Å². The molecule has 1 aromatic heterocycles. The van der Waals surface area contributed by atoms with Crippen molar-refractivity contribution < 1.29 is 4.79 Å². The van der Waals surface area contributed by atoms with Gasteiger partial charge in [0.05, 0.1) is 5.54 Å². The summed E-state index contributed by atoms with van der Waals surface area (Å²) in [4.78, 5) is 14.4. The van der Waals surface area contributed by atoms with E-state index in [1.807, 2.05) is 37.4 Å². The van der Waals surface area contributed by atoms with E-state index in [1.54, 1.807) is 6.33 Å². The summed E-state index contributed by atoms with van der Waals surface area (Å²) in [5, 5.41) is 11.2. The Kier molecular flexibility index (Phi) is 3.89. The van der Waals surface area contributed by atoms with Crippen molar-refractivity contribution in [2.45, 2.75) is 38.1 Å². The summed E-state index contributed by atoms with van der Waals surface area (Å²) >= 11 is 0. The molecule has 0 saturated carbocycles. The topological polar surface area (TPSA) is 63.1 Å². The summed E-state index contributed by atoms with van der Waals surface area (Å²) in [5.74, 6) is 1.42. The second-order valence-corrected chi connectivity index (χ2v) is 5.77. The highest BCUT2D eigenvalue weighted by Crippen LogP contribution is 2.26. The quantitative estimate of drug-likeness (QED) is 0.865. The number of nitrogens with one attached hydrogen (secondary N) is 1. The molecule has 6 heteroatoms. The zero-order valence-electron chi connectivity index (χ0n) is 12.2. The number of hydrogen-bond donors (Lipinski definition) is 1. The summed E-state index contributed by atoms with van der Waals surface area (Å²) < 4.78 is 1.95. The molecule has 0 aliphatic carbocycles. The summed E-state index contributed by atoms with van der Waals surface area (Å²) in [5.41, 5.74) is -0.512. The fraction of sp³-hybridized carbons (Fsp3) is 0.769. The van der Waals surface area contributed by atoms with Crippen molar-refractivity contribution in [2.24, 2.45) is 7.05 Å². The minimum atomic E-state index is -0.512. The highest BCUT2D eigenvalue weighted by molar-refractivity contribution is 5.85. The van der Waals surface area contributed by atoms with Crippen LogP contribution in [0, 0.1) is 0 Å². The number of piperidine rings is 1. The van der Waals surface area contributed by atoms with Crippen molar-refractivity contribution in [3.05, 3.63) is 12.2 Å². The second kappa shape index (κ2) is 5.28. The van der Waals surface area contributed by atoms with Gasteiger partial charge in [-0.05, 0) is 33.7 Å². The lowest BCUT2D eigenvalue weighted by molar-refractivity contribution is -0.138. The third-order valence-corrected chi connectivity index (χ3v) is 3.98. The average Bonchev–Trinajstić information content (AvgIpc) is 2.84. The van der Waals surface area contributed by atoms with Gasteiger partial charge in [0.2, 0.25) is 5.91 Å². The Morgan fingerprint density at radius 3 is 2.84 bits per heavy atom. The lowest BCUT2D eigenvalue weighted by atomic mass is 9.94. The maximum absolute atomic E-state index is 12.5. The largest absolute Gasteiger partial charge is 0.340 e. The van der Waals surface area contributed by atoms with Gasteiger partial charge in [0, 0.05) is 26.1 Å². The Bertz CT molecular complexity index is 454. The normalized spacial score (nSPS) is 20.6. The van der Waals surface area contributed by atoms with Gasteiger partial charge in [0.25, 0.3) is 0 Å². The predicted molar refractivity (Wildman–Crippen MR) is 72.7 cm³/mol. The van der Waals surface area contributed by atoms with E-state index >= 15 is 0 Å². The Balaban J connectivity index is 2.10. The van der Waals surface area contributed by atoms with E-state index in [0.717, 1.165) is 31.8 Å². The minimum Gasteiger partial charge on any atom is -0.340 e. The molecule has 6 nitrogen and oxygen atoms in total. The van der Waals surface area contributed by atoms with Crippen LogP contribution in [-0.2, 0) is 11.8 Å². The molecule has 1 aliphatic rings. The molecule has 0 radical (unpaired) electrons. The van der Waals surface area contributed by atoms with E-state index in [4.69, 9.17) is 0 Å². The number of amides is 1. The molecule has 1 atom stereocenters. The van der Waals surface area contributed by atoms with Crippen molar-refractivity contribution >= 4 is 5.91 Å². The molecule has 1 aromatic rings. The third kappa shape index (κ3) is 2.78. The summed E-state index contributed by atoms with van der Waals surface area (Å²) in [7, 11) is 3.77. The van der Waals surface area contributed by atoms with Gasteiger partial charge < -0.3 is 14.8 Å². The molecular weight excluding hydrogens is 242 g/mol. The zero-order chi connectivity index (χ0) is 14.0. The molecule has 1 fully saturated rings. The molecule has 1 N–H and O–H groups in total. The number of likely N-dealkylation sites (tertiary alicyclic amines) is 1. The molecule has 0 spiro atoms. The first-order valence-electron chi connectivity index (χ1n) is 6.78. The number of nitrogens with zero attached hydrogens (tertiary/aromatic N) is 4. The van der Waals surface area contributed by atoms with Crippen LogP contribution in [0.25, 0.3) is 0 Å². The standard InChI is InChI=1S/C13H23N5O/c1-13(2,14-3)12(19)18-7-5-6-10(8-18)11-16-15-9-17(11)4/h9-10,14H,5-8H2,1-4H3. The average molecular weight is 265 g/mol. The number of likely N-dealkylation sites (N-methyl/N-ethyl adjacent to an activating group) is 1. The fourth-order valence-corrected chi connectivity index (χ4v) is 2.54. The number of rotatable bonds is 3. The molecule has 1 amide bonds. The number of carbonyl (C=O) groups is 1. The van der Waals surface area contributed by atoms with E-state index in [-0.39, 0.29) is 11.8 Å². The predicted octanol–water partition coefficient (Wildman–Crippen LogP) is 0.519. The second-order valence-electron chi connectivity index (χ2n) is 5.77. The first kappa shape index (κ1) is 14.0. The van der Waals surface area contributed by atoms with Gasteiger partial charge in [0.1, 0.15) is 12.2 Å². The summed E-state index contributed by atoms with van der Waals surface area (Å²) in [6, 6.07) is 0. The molecule has 2 heterocycles. The van der Waals surface area contributed by atoms with Gasteiger partial charge >= 0.3 is 0 Å². The van der Waals surface area contributed by atoms with Crippen LogP contribution < -0.4 is 5.32 Å². The van der Waals surface area contributed by atoms with Crippen molar-refractivity contribution in [3.63, 3.8) is 0 Å². The Labute approximate surface area is 114 Å². The van der Waals surface area contributed by atoms with Crippen molar-refractivity contribution in [1.29, 1.82) is 0 Å². The maximum atomic E-state index is 12.5. The van der Waals surface area contributed by atoms with Gasteiger partial charge in [-0.15, -0.1) is 10.2 Å². The zero-order valence-corrected chi connectivity index (χ0v) is 12.2. The van der Waals surface area contributed by atoms with Gasteiger partial charge in [-0.1, -0.05) is 0 Å². The minimum absolute atomic E-state index is 0.155. The third-order valence-electron chi connectivity index (χ3n) is 3.98. The van der Waals surface area contributed by atoms with Crippen LogP contribution in [0.1, 0.15) is 38.4 Å². The van der Waals surface area contributed by atoms with Crippen molar-refractivity contribution in [1.82, 2.24) is 25.0 Å². The summed E-state index contributed by atoms with van der Waals surface area (Å²) in [6.45, 7) is 5.40. The lowest BCUT2D eigenvalue weighted by Crippen LogP contribution is -2.54. The molecule has 1 unspecified atom stereocenters. The van der Waals surface area contributed by atoms with Crippen molar-refractivity contribution in [3.8, 4) is 0 Å². The molecule has 0 bridgehead atoms. The first-order valence-corrected chi connectivity index (χ1v) is 6.78. The monoisotopic (exact) mass is 265 g/mol. The molecule has 0 aromatic carbocycles. The SMILES string of the molecule is CNC(C)(C)C(=O)N1CCCC(c2nncn2C)C1. The molecule has 1 saturated heterocycles. The van der Waals surface area contributed by atoms with E-state index in [9.17, 15) is 4.79 Å². The number of aryl methyl sites for hydroxylation is 1. The van der Waals surface area contributed by atoms with Crippen LogP contribution in [0.4, 0.5) is 0 Å². The van der Waals surface area contributed by atoms with Crippen LogP contribution in [0.15, 0.2) is 6.33 Å². The van der Waals surface area contributed by atoms with E-state index in [1.165, 1.54) is 0 Å². The lowest BCUT2D eigenvalue weighted by Gasteiger charge is -2.37. The number of carbonyl (C=O) groups excluding carboxylic acids is 1. The van der Waals surface area contributed by atoms with Gasteiger partial charge in [-0.2, -0.15) is 0 Å². The van der Waals surface area contributed by atoms with Gasteiger partial charge in [0.15, 0.2) is 0 Å². The fourth-order valence-electron chi connectivity index (χ4n) is 2.54. The van der Waals surface area contributed by atoms with Gasteiger partial charge in [-0.25, -0.2) is 0 Å². The number of aromatic nitrogens is 3. The maximum Gasteiger partial charge on any atom is 0.242 e. The molecule has 1 aliphatic heterocycles. The van der Waals surface area contributed by atoms with Gasteiger partial charge in [-0.3, -0.25) is 4.79 Å². The van der Waals surface area contributed by atoms with Crippen LogP contribution in [0.3, 0.4) is 0 Å². The smallest absolute Gasteiger partial charge is 0.242 e. The van der Waals surface area contributed by atoms with Crippen LogP contribution in [-0.4, -0.2) is 51.2 Å². The molecule has 2 rings (SSSR count). The van der Waals surface area contributed by atoms with Crippen LogP contribution in [0.2, 0.25) is 0 Å². The highest BCUT2D eigenvalue weighted by Gasteiger charge is 2.34. The van der Waals surface area contributed by atoms with Crippen LogP contribution >= 0.6 is 0 Å². The highest BCUT2D eigenvalue weighted by atomic mass is 16.2. The first-order chi connectivity index (χ1) is 8.95. The molecule has 106 valence electrons. The Morgan fingerprint density at radius 2 is 2.26 bits per heavy atom. The summed E-state index contributed by atoms with van der Waals surface area (Å²) in [6.07, 6.45) is 3.80. The Hall–Kier alpha value is -1.43. The molecule has 19 heavy (non-hydrogen) atoms. The number of hydrogen-bond acceptors (Lipinski definition) is 4. The van der Waals surface area contributed by atoms with Crippen LogP contribution in [0.5, 0.6) is 0 Å². The van der Waals surface area contributed by atoms with E-state index in [2.05, 4.69) is 15.5 Å².